The number of nitrogens with zero attached hydrogens (tertiary/aromatic N) is 2. The number of carbonyl (C=O) groups excluding carboxylic acids is 1. The Morgan fingerprint density at radius 1 is 1.41 bits per heavy atom. The van der Waals surface area contributed by atoms with Gasteiger partial charge in [-0.25, -0.2) is 0 Å². The smallest absolute Gasteiger partial charge is 0.153 e. The minimum Gasteiger partial charge on any atom is -0.298 e. The zero-order valence-corrected chi connectivity index (χ0v) is 10.9. The molecule has 0 bridgehead atoms. The van der Waals surface area contributed by atoms with Gasteiger partial charge in [-0.05, 0) is 18.8 Å². The van der Waals surface area contributed by atoms with Crippen LogP contribution >= 0.6 is 0 Å². The van der Waals surface area contributed by atoms with Crippen LogP contribution in [0.1, 0.15) is 67.9 Å². The fourth-order valence-corrected chi connectivity index (χ4v) is 2.70. The Morgan fingerprint density at radius 2 is 2.12 bits per heavy atom. The second-order valence-corrected chi connectivity index (χ2v) is 5.54. The van der Waals surface area contributed by atoms with Gasteiger partial charge in [0, 0.05) is 18.7 Å². The molecule has 1 heterocycles. The summed E-state index contributed by atoms with van der Waals surface area (Å²) in [5.41, 5.74) is 1.85. The van der Waals surface area contributed by atoms with Crippen molar-refractivity contribution in [1.29, 1.82) is 0 Å². The number of carbonyl (C=O) groups is 1. The van der Waals surface area contributed by atoms with Crippen molar-refractivity contribution in [3.05, 3.63) is 17.5 Å². The van der Waals surface area contributed by atoms with Crippen molar-refractivity contribution in [2.24, 2.45) is 5.92 Å². The molecule has 3 heteroatoms. The van der Waals surface area contributed by atoms with Crippen molar-refractivity contribution in [3.8, 4) is 0 Å². The SMILES string of the molecule is CC(C)Cn1cc(C=O)c(C2CCCCC2)n1. The molecule has 2 rings (SSSR count). The molecule has 1 saturated carbocycles. The number of rotatable bonds is 4. The lowest BCUT2D eigenvalue weighted by Crippen LogP contribution is -2.09. The van der Waals surface area contributed by atoms with Crippen LogP contribution in [0.15, 0.2) is 6.20 Å². The maximum absolute atomic E-state index is 11.1. The second-order valence-electron chi connectivity index (χ2n) is 5.54. The summed E-state index contributed by atoms with van der Waals surface area (Å²) in [7, 11) is 0. The summed E-state index contributed by atoms with van der Waals surface area (Å²) >= 11 is 0. The number of aldehydes is 1. The molecule has 1 fully saturated rings. The first-order valence-corrected chi connectivity index (χ1v) is 6.73. The van der Waals surface area contributed by atoms with E-state index in [4.69, 9.17) is 0 Å². The largest absolute Gasteiger partial charge is 0.298 e. The van der Waals surface area contributed by atoms with Crippen molar-refractivity contribution >= 4 is 6.29 Å². The molecule has 0 N–H and O–H groups in total. The predicted octanol–water partition coefficient (Wildman–Crippen LogP) is 3.40. The highest BCUT2D eigenvalue weighted by molar-refractivity contribution is 5.76. The van der Waals surface area contributed by atoms with Crippen molar-refractivity contribution in [3.63, 3.8) is 0 Å². The molecule has 0 saturated heterocycles. The molecule has 1 aliphatic rings. The molecule has 17 heavy (non-hydrogen) atoms. The van der Waals surface area contributed by atoms with Crippen LogP contribution in [0.2, 0.25) is 0 Å². The first-order valence-electron chi connectivity index (χ1n) is 6.73. The summed E-state index contributed by atoms with van der Waals surface area (Å²) in [6.45, 7) is 5.23. The summed E-state index contributed by atoms with van der Waals surface area (Å²) in [6, 6.07) is 0. The molecule has 3 nitrogen and oxygen atoms in total. The second kappa shape index (κ2) is 5.48. The van der Waals surface area contributed by atoms with Gasteiger partial charge in [0.1, 0.15) is 0 Å². The first-order chi connectivity index (χ1) is 8.20. The standard InChI is InChI=1S/C14H22N2O/c1-11(2)8-16-9-13(10-17)14(15-16)12-6-4-3-5-7-12/h9-12H,3-8H2,1-2H3. The van der Waals surface area contributed by atoms with Crippen LogP contribution in [-0.2, 0) is 6.54 Å². The molecule has 1 aromatic heterocycles. The van der Waals surface area contributed by atoms with Crippen LogP contribution in [0.3, 0.4) is 0 Å². The van der Waals surface area contributed by atoms with Gasteiger partial charge in [-0.2, -0.15) is 5.10 Å². The lowest BCUT2D eigenvalue weighted by molar-refractivity contribution is 0.112. The van der Waals surface area contributed by atoms with Gasteiger partial charge in [0.25, 0.3) is 0 Å². The van der Waals surface area contributed by atoms with Crippen LogP contribution in [0.5, 0.6) is 0 Å². The molecule has 0 aliphatic heterocycles. The third-order valence-electron chi connectivity index (χ3n) is 3.49. The Kier molecular flexibility index (Phi) is 3.97. The van der Waals surface area contributed by atoms with Crippen LogP contribution in [0.25, 0.3) is 0 Å². The van der Waals surface area contributed by atoms with Crippen LogP contribution in [0, 0.1) is 5.92 Å². The molecule has 0 atom stereocenters. The van der Waals surface area contributed by atoms with Gasteiger partial charge >= 0.3 is 0 Å². The van der Waals surface area contributed by atoms with E-state index in [1.165, 1.54) is 32.1 Å². The predicted molar refractivity (Wildman–Crippen MR) is 68.3 cm³/mol. The molecule has 0 aromatic carbocycles. The van der Waals surface area contributed by atoms with Crippen LogP contribution in [0.4, 0.5) is 0 Å². The highest BCUT2D eigenvalue weighted by atomic mass is 16.1. The van der Waals surface area contributed by atoms with Crippen LogP contribution in [-0.4, -0.2) is 16.1 Å². The Bertz CT molecular complexity index is 376. The van der Waals surface area contributed by atoms with E-state index in [-0.39, 0.29) is 0 Å². The maximum Gasteiger partial charge on any atom is 0.153 e. The van der Waals surface area contributed by atoms with Gasteiger partial charge < -0.3 is 0 Å². The lowest BCUT2D eigenvalue weighted by atomic mass is 9.86. The van der Waals surface area contributed by atoms with E-state index < -0.39 is 0 Å². The molecule has 0 spiro atoms. The molecule has 0 amide bonds. The Hall–Kier alpha value is -1.12. The minimum absolute atomic E-state index is 0.511. The van der Waals surface area contributed by atoms with Crippen molar-refractivity contribution in [2.75, 3.05) is 0 Å². The molecule has 94 valence electrons. The highest BCUT2D eigenvalue weighted by Gasteiger charge is 2.21. The fourth-order valence-electron chi connectivity index (χ4n) is 2.70. The average molecular weight is 234 g/mol. The summed E-state index contributed by atoms with van der Waals surface area (Å²) in [4.78, 5) is 11.1. The van der Waals surface area contributed by atoms with Gasteiger partial charge in [0.05, 0.1) is 11.3 Å². The zero-order valence-electron chi connectivity index (χ0n) is 10.9. The van der Waals surface area contributed by atoms with Crippen molar-refractivity contribution in [2.45, 2.75) is 58.4 Å². The van der Waals surface area contributed by atoms with E-state index in [2.05, 4.69) is 18.9 Å². The maximum atomic E-state index is 11.1. The molecule has 0 radical (unpaired) electrons. The van der Waals surface area contributed by atoms with Gasteiger partial charge in [-0.3, -0.25) is 9.48 Å². The Balaban J connectivity index is 2.19. The van der Waals surface area contributed by atoms with E-state index in [1.54, 1.807) is 0 Å². The van der Waals surface area contributed by atoms with Crippen LogP contribution < -0.4 is 0 Å². The Morgan fingerprint density at radius 3 is 2.71 bits per heavy atom. The third kappa shape index (κ3) is 2.96. The third-order valence-corrected chi connectivity index (χ3v) is 3.49. The van der Waals surface area contributed by atoms with Gasteiger partial charge in [0.2, 0.25) is 0 Å². The zero-order chi connectivity index (χ0) is 12.3. The minimum atomic E-state index is 0.511. The summed E-state index contributed by atoms with van der Waals surface area (Å²) in [5.74, 6) is 1.07. The molecular formula is C14H22N2O. The fraction of sp³-hybridized carbons (Fsp3) is 0.714. The van der Waals surface area contributed by atoms with Gasteiger partial charge in [0.15, 0.2) is 6.29 Å². The number of hydrogen-bond donors (Lipinski definition) is 0. The highest BCUT2D eigenvalue weighted by Crippen LogP contribution is 2.33. The first kappa shape index (κ1) is 12.3. The average Bonchev–Trinajstić information content (AvgIpc) is 2.72. The van der Waals surface area contributed by atoms with Gasteiger partial charge in [-0.15, -0.1) is 0 Å². The molecule has 1 aliphatic carbocycles. The van der Waals surface area contributed by atoms with E-state index in [9.17, 15) is 4.79 Å². The monoisotopic (exact) mass is 234 g/mol. The number of hydrogen-bond acceptors (Lipinski definition) is 2. The Labute approximate surface area is 103 Å². The molecule has 1 aromatic rings. The molecular weight excluding hydrogens is 212 g/mol. The summed E-state index contributed by atoms with van der Waals surface area (Å²) in [5, 5.41) is 4.63. The van der Waals surface area contributed by atoms with Gasteiger partial charge in [-0.1, -0.05) is 33.1 Å². The summed E-state index contributed by atoms with van der Waals surface area (Å²) in [6.07, 6.45) is 9.16. The van der Waals surface area contributed by atoms with E-state index in [0.29, 0.717) is 11.8 Å². The lowest BCUT2D eigenvalue weighted by Gasteiger charge is -2.20. The van der Waals surface area contributed by atoms with Crippen molar-refractivity contribution < 1.29 is 4.79 Å². The molecule has 0 unspecified atom stereocenters. The normalized spacial score (nSPS) is 17.6. The van der Waals surface area contributed by atoms with E-state index >= 15 is 0 Å². The van der Waals surface area contributed by atoms with Crippen molar-refractivity contribution in [1.82, 2.24) is 9.78 Å². The quantitative estimate of drug-likeness (QED) is 0.748. The number of aromatic nitrogens is 2. The summed E-state index contributed by atoms with van der Waals surface area (Å²) < 4.78 is 1.94. The van der Waals surface area contributed by atoms with E-state index in [1.807, 2.05) is 10.9 Å². The van der Waals surface area contributed by atoms with E-state index in [0.717, 1.165) is 24.1 Å². The topological polar surface area (TPSA) is 34.9 Å².